The molecular formula is C8H12O3S. The first-order valence-electron chi connectivity index (χ1n) is 3.36. The molecule has 0 aromatic carbocycles. The molecule has 0 aromatic rings. The van der Waals surface area contributed by atoms with Gasteiger partial charge in [-0.15, -0.1) is 0 Å². The van der Waals surface area contributed by atoms with Crippen LogP contribution in [-0.2, 0) is 11.1 Å². The Balaban J connectivity index is 3.92. The first-order valence-corrected chi connectivity index (χ1v) is 4.53. The molecule has 0 aromatic heterocycles. The summed E-state index contributed by atoms with van der Waals surface area (Å²) in [6, 6.07) is 0. The van der Waals surface area contributed by atoms with Crippen LogP contribution in [0.4, 0.5) is 0 Å². The van der Waals surface area contributed by atoms with Crippen molar-refractivity contribution in [3.8, 4) is 0 Å². The maximum atomic E-state index is 10.4. The number of aliphatic hydroxyl groups is 1. The van der Waals surface area contributed by atoms with Crippen molar-refractivity contribution >= 4 is 11.1 Å². The van der Waals surface area contributed by atoms with E-state index in [9.17, 15) is 4.21 Å². The molecule has 3 nitrogen and oxygen atoms in total. The summed E-state index contributed by atoms with van der Waals surface area (Å²) in [7, 11) is 0. The van der Waals surface area contributed by atoms with Gasteiger partial charge in [-0.1, -0.05) is 24.8 Å². The van der Waals surface area contributed by atoms with Crippen LogP contribution in [0.15, 0.2) is 36.6 Å². The van der Waals surface area contributed by atoms with Gasteiger partial charge in [0.2, 0.25) is 0 Å². The third kappa shape index (κ3) is 5.88. The highest BCUT2D eigenvalue weighted by molar-refractivity contribution is 7.80. The summed E-state index contributed by atoms with van der Waals surface area (Å²) in [5.74, 6) is -0.0441. The second-order valence-corrected chi connectivity index (χ2v) is 3.51. The second-order valence-electron chi connectivity index (χ2n) is 2.22. The zero-order valence-corrected chi connectivity index (χ0v) is 7.62. The molecule has 2 N–H and O–H groups in total. The minimum Gasteiger partial charge on any atom is -0.509 e. The van der Waals surface area contributed by atoms with Crippen LogP contribution >= 0.6 is 0 Å². The molecule has 0 rings (SSSR count). The number of aliphatic hydroxyl groups excluding tert-OH is 1. The van der Waals surface area contributed by atoms with E-state index in [0.29, 0.717) is 0 Å². The van der Waals surface area contributed by atoms with Crippen molar-refractivity contribution in [1.29, 1.82) is 0 Å². The first kappa shape index (κ1) is 11.1. The van der Waals surface area contributed by atoms with E-state index in [4.69, 9.17) is 9.66 Å². The van der Waals surface area contributed by atoms with Gasteiger partial charge in [-0.05, 0) is 13.0 Å². The van der Waals surface area contributed by atoms with Crippen molar-refractivity contribution in [3.63, 3.8) is 0 Å². The molecule has 0 fully saturated rings. The molecular weight excluding hydrogens is 176 g/mol. The van der Waals surface area contributed by atoms with E-state index in [1.54, 1.807) is 25.2 Å². The topological polar surface area (TPSA) is 57.5 Å². The lowest BCUT2D eigenvalue weighted by Crippen LogP contribution is -2.04. The fourth-order valence-electron chi connectivity index (χ4n) is 0.454. The number of allylic oxidation sites excluding steroid dienone is 3. The van der Waals surface area contributed by atoms with E-state index in [2.05, 4.69) is 6.58 Å². The van der Waals surface area contributed by atoms with E-state index < -0.39 is 16.3 Å². The molecule has 1 unspecified atom stereocenters. The van der Waals surface area contributed by atoms with Crippen LogP contribution in [0, 0.1) is 0 Å². The second kappa shape index (κ2) is 5.74. The predicted molar refractivity (Wildman–Crippen MR) is 50.3 cm³/mol. The standard InChI is InChI=1S/C8H12O3S/c1-7(9)5-3-4-6-8(2)12(10)11/h3-6,8-9H,1H2,2H3,(H,10,11)/b5-3-,6-4-/t8-/m0/s1. The lowest BCUT2D eigenvalue weighted by Gasteiger charge is -1.95. The highest BCUT2D eigenvalue weighted by Gasteiger charge is 2.00. The van der Waals surface area contributed by atoms with E-state index in [1.165, 1.54) is 6.08 Å². The van der Waals surface area contributed by atoms with Gasteiger partial charge in [-0.3, -0.25) is 0 Å². The largest absolute Gasteiger partial charge is 0.509 e. The summed E-state index contributed by atoms with van der Waals surface area (Å²) in [5.41, 5.74) is 0. The quantitative estimate of drug-likeness (QED) is 0.401. The molecule has 2 atom stereocenters. The number of hydrogen-bond donors (Lipinski definition) is 2. The fraction of sp³-hybridized carbons (Fsp3) is 0.250. The van der Waals surface area contributed by atoms with Crippen molar-refractivity contribution in [2.45, 2.75) is 12.2 Å². The molecule has 0 radical (unpaired) electrons. The van der Waals surface area contributed by atoms with E-state index >= 15 is 0 Å². The molecule has 12 heavy (non-hydrogen) atoms. The van der Waals surface area contributed by atoms with Gasteiger partial charge in [0.1, 0.15) is 5.76 Å². The van der Waals surface area contributed by atoms with Gasteiger partial charge in [0.15, 0.2) is 11.1 Å². The van der Waals surface area contributed by atoms with Crippen molar-refractivity contribution in [2.24, 2.45) is 0 Å². The molecule has 0 amide bonds. The van der Waals surface area contributed by atoms with Gasteiger partial charge >= 0.3 is 0 Å². The Hall–Kier alpha value is -0.870. The van der Waals surface area contributed by atoms with E-state index in [1.807, 2.05) is 0 Å². The van der Waals surface area contributed by atoms with Crippen LogP contribution in [0.3, 0.4) is 0 Å². The average Bonchev–Trinajstić information content (AvgIpc) is 1.97. The lowest BCUT2D eigenvalue weighted by atomic mass is 10.3. The molecule has 0 aliphatic carbocycles. The number of rotatable bonds is 4. The van der Waals surface area contributed by atoms with Crippen LogP contribution < -0.4 is 0 Å². The highest BCUT2D eigenvalue weighted by atomic mass is 32.2. The summed E-state index contributed by atoms with van der Waals surface area (Å²) in [4.78, 5) is 0. The molecule has 0 aliphatic rings. The average molecular weight is 188 g/mol. The van der Waals surface area contributed by atoms with Gasteiger partial charge in [0.25, 0.3) is 0 Å². The van der Waals surface area contributed by atoms with Crippen LogP contribution in [0.1, 0.15) is 6.92 Å². The van der Waals surface area contributed by atoms with Crippen LogP contribution in [-0.4, -0.2) is 19.1 Å². The predicted octanol–water partition coefficient (Wildman–Crippen LogP) is 1.78. The minimum absolute atomic E-state index is 0.0441. The van der Waals surface area contributed by atoms with Crippen molar-refractivity contribution in [1.82, 2.24) is 0 Å². The molecule has 4 heteroatoms. The molecule has 0 saturated carbocycles. The van der Waals surface area contributed by atoms with E-state index in [0.717, 1.165) is 0 Å². The summed E-state index contributed by atoms with van der Waals surface area (Å²) >= 11 is -1.83. The van der Waals surface area contributed by atoms with Gasteiger partial charge < -0.3 is 9.66 Å². The Bertz CT molecular complexity index is 230. The smallest absolute Gasteiger partial charge is 0.159 e. The Kier molecular flexibility index (Phi) is 5.32. The van der Waals surface area contributed by atoms with Crippen LogP contribution in [0.25, 0.3) is 0 Å². The Morgan fingerprint density at radius 3 is 2.58 bits per heavy atom. The first-order chi connectivity index (χ1) is 5.54. The molecule has 0 heterocycles. The van der Waals surface area contributed by atoms with Gasteiger partial charge in [-0.25, -0.2) is 4.21 Å². The Morgan fingerprint density at radius 1 is 1.58 bits per heavy atom. The monoisotopic (exact) mass is 188 g/mol. The maximum Gasteiger partial charge on any atom is 0.159 e. The lowest BCUT2D eigenvalue weighted by molar-refractivity contribution is 0.435. The number of hydrogen-bond acceptors (Lipinski definition) is 2. The maximum absolute atomic E-state index is 10.4. The fourth-order valence-corrected chi connectivity index (χ4v) is 0.680. The minimum atomic E-state index is -1.83. The summed E-state index contributed by atoms with van der Waals surface area (Å²) in [6.07, 6.45) is 6.09. The zero-order chi connectivity index (χ0) is 9.56. The Labute approximate surface area is 74.4 Å². The Morgan fingerprint density at radius 2 is 2.17 bits per heavy atom. The van der Waals surface area contributed by atoms with E-state index in [-0.39, 0.29) is 5.76 Å². The van der Waals surface area contributed by atoms with Crippen molar-refractivity contribution in [3.05, 3.63) is 36.6 Å². The summed E-state index contributed by atoms with van der Waals surface area (Å²) < 4.78 is 19.0. The summed E-state index contributed by atoms with van der Waals surface area (Å²) in [5, 5.41) is 8.20. The molecule has 0 aliphatic heterocycles. The van der Waals surface area contributed by atoms with Gasteiger partial charge in [-0.2, -0.15) is 0 Å². The normalized spacial score (nSPS) is 16.8. The third-order valence-corrected chi connectivity index (χ3v) is 1.89. The molecule has 0 bridgehead atoms. The van der Waals surface area contributed by atoms with Crippen LogP contribution in [0.5, 0.6) is 0 Å². The molecule has 0 spiro atoms. The highest BCUT2D eigenvalue weighted by Crippen LogP contribution is 1.94. The van der Waals surface area contributed by atoms with Crippen molar-refractivity contribution < 1.29 is 13.9 Å². The van der Waals surface area contributed by atoms with Crippen LogP contribution in [0.2, 0.25) is 0 Å². The zero-order valence-electron chi connectivity index (χ0n) is 6.80. The molecule has 0 saturated heterocycles. The van der Waals surface area contributed by atoms with Crippen molar-refractivity contribution in [2.75, 3.05) is 0 Å². The summed E-state index contributed by atoms with van der Waals surface area (Å²) in [6.45, 7) is 4.85. The molecule has 68 valence electrons. The third-order valence-electron chi connectivity index (χ3n) is 1.10. The SMILES string of the molecule is C=C(O)/C=C\C=C/[C@H](C)S(=O)O. The van der Waals surface area contributed by atoms with Gasteiger partial charge in [0, 0.05) is 0 Å². The van der Waals surface area contributed by atoms with Gasteiger partial charge in [0.05, 0.1) is 5.25 Å².